The highest BCUT2D eigenvalue weighted by molar-refractivity contribution is 4.84. The van der Waals surface area contributed by atoms with Gasteiger partial charge in [-0.05, 0) is 43.2 Å². The highest BCUT2D eigenvalue weighted by Crippen LogP contribution is 2.33. The van der Waals surface area contributed by atoms with Crippen LogP contribution in [0.5, 0.6) is 0 Å². The van der Waals surface area contributed by atoms with Crippen molar-refractivity contribution in [3.8, 4) is 0 Å². The van der Waals surface area contributed by atoms with Crippen LogP contribution in [0.25, 0.3) is 0 Å². The summed E-state index contributed by atoms with van der Waals surface area (Å²) in [5.74, 6) is 1.48. The standard InChI is InChI=1S/C14H30N2/c1-11(2)13(15)7-9-16-8-6-12(10-16)14(3,4)5/h11-13H,6-10,15H2,1-5H3. The van der Waals surface area contributed by atoms with Crippen LogP contribution in [0.2, 0.25) is 0 Å². The van der Waals surface area contributed by atoms with Crippen molar-refractivity contribution in [2.24, 2.45) is 23.0 Å². The maximum atomic E-state index is 6.09. The quantitative estimate of drug-likeness (QED) is 0.798. The highest BCUT2D eigenvalue weighted by atomic mass is 15.1. The van der Waals surface area contributed by atoms with E-state index in [2.05, 4.69) is 39.5 Å². The van der Waals surface area contributed by atoms with Crippen molar-refractivity contribution in [2.75, 3.05) is 19.6 Å². The Morgan fingerprint density at radius 2 is 1.94 bits per heavy atom. The summed E-state index contributed by atoms with van der Waals surface area (Å²) in [5, 5.41) is 0. The Hall–Kier alpha value is -0.0800. The molecule has 0 aromatic rings. The molecule has 0 amide bonds. The molecule has 2 nitrogen and oxygen atoms in total. The number of nitrogens with two attached hydrogens (primary N) is 1. The molecule has 1 rings (SSSR count). The van der Waals surface area contributed by atoms with Crippen LogP contribution in [0, 0.1) is 17.3 Å². The van der Waals surface area contributed by atoms with Gasteiger partial charge in [0.25, 0.3) is 0 Å². The summed E-state index contributed by atoms with van der Waals surface area (Å²) in [6.07, 6.45) is 2.51. The lowest BCUT2D eigenvalue weighted by atomic mass is 9.80. The molecule has 1 aliphatic rings. The number of hydrogen-bond donors (Lipinski definition) is 1. The molecule has 2 atom stereocenters. The molecule has 1 heterocycles. The predicted molar refractivity (Wildman–Crippen MR) is 71.4 cm³/mol. The van der Waals surface area contributed by atoms with E-state index in [-0.39, 0.29) is 0 Å². The fourth-order valence-corrected chi connectivity index (χ4v) is 2.41. The van der Waals surface area contributed by atoms with Crippen LogP contribution in [0.3, 0.4) is 0 Å². The molecule has 2 heteroatoms. The second-order valence-electron chi connectivity index (χ2n) is 6.85. The molecule has 0 saturated carbocycles. The van der Waals surface area contributed by atoms with E-state index in [1.165, 1.54) is 26.1 Å². The fourth-order valence-electron chi connectivity index (χ4n) is 2.41. The van der Waals surface area contributed by atoms with Crippen molar-refractivity contribution in [3.63, 3.8) is 0 Å². The van der Waals surface area contributed by atoms with Gasteiger partial charge in [0, 0.05) is 12.6 Å². The Morgan fingerprint density at radius 3 is 2.38 bits per heavy atom. The van der Waals surface area contributed by atoms with Gasteiger partial charge in [-0.3, -0.25) is 0 Å². The van der Waals surface area contributed by atoms with E-state index in [1.54, 1.807) is 0 Å². The minimum Gasteiger partial charge on any atom is -0.327 e. The Kier molecular flexibility index (Phi) is 4.81. The molecule has 0 radical (unpaired) electrons. The first-order valence-corrected chi connectivity index (χ1v) is 6.78. The first kappa shape index (κ1) is 14.0. The average Bonchev–Trinajstić information content (AvgIpc) is 2.61. The molecule has 0 aromatic carbocycles. The summed E-state index contributed by atoms with van der Waals surface area (Å²) in [5.41, 5.74) is 6.56. The number of nitrogens with zero attached hydrogens (tertiary/aromatic N) is 1. The van der Waals surface area contributed by atoms with Gasteiger partial charge in [-0.1, -0.05) is 34.6 Å². The second kappa shape index (κ2) is 5.50. The number of hydrogen-bond acceptors (Lipinski definition) is 2. The van der Waals surface area contributed by atoms with Gasteiger partial charge in [0.05, 0.1) is 0 Å². The Morgan fingerprint density at radius 1 is 1.31 bits per heavy atom. The maximum Gasteiger partial charge on any atom is 0.00740 e. The molecule has 2 N–H and O–H groups in total. The lowest BCUT2D eigenvalue weighted by Gasteiger charge is -2.27. The van der Waals surface area contributed by atoms with E-state index in [4.69, 9.17) is 5.73 Å². The van der Waals surface area contributed by atoms with Crippen LogP contribution in [0.1, 0.15) is 47.5 Å². The van der Waals surface area contributed by atoms with Gasteiger partial charge in [-0.2, -0.15) is 0 Å². The molecule has 96 valence electrons. The third-order valence-electron chi connectivity index (χ3n) is 4.13. The third-order valence-corrected chi connectivity index (χ3v) is 4.13. The fraction of sp³-hybridized carbons (Fsp3) is 1.00. The molecule has 16 heavy (non-hydrogen) atoms. The zero-order valence-corrected chi connectivity index (χ0v) is 11.8. The highest BCUT2D eigenvalue weighted by Gasteiger charge is 2.31. The normalized spacial score (nSPS) is 25.3. The molecule has 0 aliphatic carbocycles. The molecule has 1 aliphatic heterocycles. The van der Waals surface area contributed by atoms with E-state index >= 15 is 0 Å². The van der Waals surface area contributed by atoms with E-state index in [9.17, 15) is 0 Å². The maximum absolute atomic E-state index is 6.09. The minimum absolute atomic E-state index is 0.369. The van der Waals surface area contributed by atoms with Crippen molar-refractivity contribution in [1.82, 2.24) is 4.90 Å². The minimum atomic E-state index is 0.369. The van der Waals surface area contributed by atoms with Gasteiger partial charge >= 0.3 is 0 Å². The Bertz CT molecular complexity index is 205. The van der Waals surface area contributed by atoms with Crippen LogP contribution in [-0.4, -0.2) is 30.6 Å². The molecule has 0 spiro atoms. The predicted octanol–water partition coefficient (Wildman–Crippen LogP) is 2.73. The van der Waals surface area contributed by atoms with E-state index in [0.29, 0.717) is 17.4 Å². The SMILES string of the molecule is CC(C)C(N)CCN1CCC(C(C)(C)C)C1. The van der Waals surface area contributed by atoms with Crippen LogP contribution < -0.4 is 5.73 Å². The lowest BCUT2D eigenvalue weighted by Crippen LogP contribution is -2.33. The van der Waals surface area contributed by atoms with Gasteiger partial charge in [-0.25, -0.2) is 0 Å². The molecule has 0 aromatic heterocycles. The molecule has 1 saturated heterocycles. The Labute approximate surface area is 102 Å². The molecular weight excluding hydrogens is 196 g/mol. The van der Waals surface area contributed by atoms with Gasteiger partial charge in [0.1, 0.15) is 0 Å². The first-order chi connectivity index (χ1) is 7.30. The lowest BCUT2D eigenvalue weighted by molar-refractivity contribution is 0.224. The van der Waals surface area contributed by atoms with Gasteiger partial charge in [-0.15, -0.1) is 0 Å². The summed E-state index contributed by atoms with van der Waals surface area (Å²) >= 11 is 0. The Balaban J connectivity index is 2.27. The summed E-state index contributed by atoms with van der Waals surface area (Å²) in [6, 6.07) is 0.369. The largest absolute Gasteiger partial charge is 0.327 e. The van der Waals surface area contributed by atoms with Crippen molar-refractivity contribution in [3.05, 3.63) is 0 Å². The van der Waals surface area contributed by atoms with Crippen LogP contribution in [-0.2, 0) is 0 Å². The monoisotopic (exact) mass is 226 g/mol. The average molecular weight is 226 g/mol. The first-order valence-electron chi connectivity index (χ1n) is 6.78. The summed E-state index contributed by atoms with van der Waals surface area (Å²) in [4.78, 5) is 2.60. The summed E-state index contributed by atoms with van der Waals surface area (Å²) in [6.45, 7) is 15.2. The number of rotatable bonds is 4. The molecule has 0 bridgehead atoms. The second-order valence-corrected chi connectivity index (χ2v) is 6.85. The van der Waals surface area contributed by atoms with Gasteiger partial charge < -0.3 is 10.6 Å². The zero-order chi connectivity index (χ0) is 12.3. The van der Waals surface area contributed by atoms with Crippen LogP contribution >= 0.6 is 0 Å². The van der Waals surface area contributed by atoms with Crippen LogP contribution in [0.15, 0.2) is 0 Å². The van der Waals surface area contributed by atoms with E-state index < -0.39 is 0 Å². The molecule has 1 fully saturated rings. The van der Waals surface area contributed by atoms with Gasteiger partial charge in [0.15, 0.2) is 0 Å². The van der Waals surface area contributed by atoms with Crippen molar-refractivity contribution in [1.29, 1.82) is 0 Å². The van der Waals surface area contributed by atoms with Crippen LogP contribution in [0.4, 0.5) is 0 Å². The van der Waals surface area contributed by atoms with E-state index in [0.717, 1.165) is 12.3 Å². The smallest absolute Gasteiger partial charge is 0.00740 e. The topological polar surface area (TPSA) is 29.3 Å². The zero-order valence-electron chi connectivity index (χ0n) is 11.8. The van der Waals surface area contributed by atoms with Crippen molar-refractivity contribution < 1.29 is 0 Å². The number of likely N-dealkylation sites (tertiary alicyclic amines) is 1. The molecule has 2 unspecified atom stereocenters. The van der Waals surface area contributed by atoms with E-state index in [1.807, 2.05) is 0 Å². The third kappa shape index (κ3) is 4.06. The van der Waals surface area contributed by atoms with Crippen molar-refractivity contribution >= 4 is 0 Å². The summed E-state index contributed by atoms with van der Waals surface area (Å²) in [7, 11) is 0. The molecular formula is C14H30N2. The van der Waals surface area contributed by atoms with Gasteiger partial charge in [0.2, 0.25) is 0 Å². The van der Waals surface area contributed by atoms with Crippen molar-refractivity contribution in [2.45, 2.75) is 53.5 Å². The summed E-state index contributed by atoms with van der Waals surface area (Å²) < 4.78 is 0.